The molecule has 3 rings (SSSR count). The van der Waals surface area contributed by atoms with E-state index in [-0.39, 0.29) is 30.3 Å². The molecule has 0 aliphatic carbocycles. The molecule has 9 nitrogen and oxygen atoms in total. The van der Waals surface area contributed by atoms with E-state index in [0.717, 1.165) is 0 Å². The second-order valence-electron chi connectivity index (χ2n) is 7.31. The average molecular weight is 426 g/mol. The highest BCUT2D eigenvalue weighted by molar-refractivity contribution is 6.02. The number of carbonyl (C=O) groups excluding carboxylic acids is 3. The second kappa shape index (κ2) is 8.95. The summed E-state index contributed by atoms with van der Waals surface area (Å²) in [6.45, 7) is 3.11. The number of amides is 1. The lowest BCUT2D eigenvalue weighted by Crippen LogP contribution is -2.30. The summed E-state index contributed by atoms with van der Waals surface area (Å²) >= 11 is 0. The maximum absolute atomic E-state index is 12.6. The highest BCUT2D eigenvalue weighted by atomic mass is 16.6. The molecule has 1 heterocycles. The van der Waals surface area contributed by atoms with Crippen LogP contribution in [0, 0.1) is 23.0 Å². The van der Waals surface area contributed by atoms with Crippen molar-refractivity contribution in [2.75, 3.05) is 18.6 Å². The quantitative estimate of drug-likeness (QED) is 0.289. The number of hydrogen-bond donors (Lipinski definition) is 0. The first-order valence-corrected chi connectivity index (χ1v) is 9.65. The predicted molar refractivity (Wildman–Crippen MR) is 111 cm³/mol. The Balaban J connectivity index is 1.66. The van der Waals surface area contributed by atoms with E-state index in [1.807, 2.05) is 0 Å². The Kier molecular flexibility index (Phi) is 6.33. The molecule has 2 aromatic rings. The van der Waals surface area contributed by atoms with Gasteiger partial charge in [0.15, 0.2) is 6.10 Å². The van der Waals surface area contributed by atoms with Crippen LogP contribution in [0.2, 0.25) is 0 Å². The number of hydrogen-bond acceptors (Lipinski definition) is 7. The Morgan fingerprint density at radius 3 is 2.48 bits per heavy atom. The molecule has 0 saturated carbocycles. The topological polar surface area (TPSA) is 116 Å². The molecule has 162 valence electrons. The van der Waals surface area contributed by atoms with Gasteiger partial charge >= 0.3 is 5.97 Å². The van der Waals surface area contributed by atoms with E-state index in [0.29, 0.717) is 22.6 Å². The standard InChI is InChI=1S/C22H22N2O7/c1-13-4-7-17(11-19(13)24(28)29)23-12-16(10-20(23)25)22(27)31-14(2)21(26)15-5-8-18(30-3)9-6-15/h4-9,11,14,16H,10,12H2,1-3H3/t14-,16+/m1/s1. The number of Topliss-reactive ketones (excluding diaryl/α,β-unsaturated/α-hetero) is 1. The highest BCUT2D eigenvalue weighted by Gasteiger charge is 2.38. The van der Waals surface area contributed by atoms with Gasteiger partial charge in [0, 0.05) is 30.2 Å². The number of aryl methyl sites for hydroxylation is 1. The van der Waals surface area contributed by atoms with Gasteiger partial charge in [-0.1, -0.05) is 6.07 Å². The van der Waals surface area contributed by atoms with E-state index in [1.165, 1.54) is 25.0 Å². The number of nitrogens with zero attached hydrogens (tertiary/aromatic N) is 2. The molecule has 1 aliphatic rings. The monoisotopic (exact) mass is 426 g/mol. The normalized spacial score (nSPS) is 16.7. The lowest BCUT2D eigenvalue weighted by atomic mass is 10.1. The minimum atomic E-state index is -1.02. The molecule has 0 unspecified atom stereocenters. The number of nitro benzene ring substituents is 1. The van der Waals surface area contributed by atoms with Crippen LogP contribution in [0.25, 0.3) is 0 Å². The van der Waals surface area contributed by atoms with E-state index in [2.05, 4.69) is 0 Å². The molecule has 0 N–H and O–H groups in total. The molecule has 31 heavy (non-hydrogen) atoms. The van der Waals surface area contributed by atoms with Crippen molar-refractivity contribution < 1.29 is 28.8 Å². The maximum Gasteiger partial charge on any atom is 0.312 e. The van der Waals surface area contributed by atoms with Crippen LogP contribution in [-0.4, -0.2) is 42.3 Å². The van der Waals surface area contributed by atoms with Crippen LogP contribution in [0.4, 0.5) is 11.4 Å². The molecule has 1 fully saturated rings. The first-order chi connectivity index (χ1) is 14.7. The summed E-state index contributed by atoms with van der Waals surface area (Å²) in [5.74, 6) is -1.53. The zero-order valence-electron chi connectivity index (χ0n) is 17.4. The number of nitro groups is 1. The maximum atomic E-state index is 12.6. The molecule has 2 aromatic carbocycles. The van der Waals surface area contributed by atoms with Crippen LogP contribution >= 0.6 is 0 Å². The number of ether oxygens (including phenoxy) is 2. The molecule has 1 saturated heterocycles. The number of methoxy groups -OCH3 is 1. The number of ketones is 1. The molecule has 0 spiro atoms. The summed E-state index contributed by atoms with van der Waals surface area (Å²) < 4.78 is 10.4. The summed E-state index contributed by atoms with van der Waals surface area (Å²) in [4.78, 5) is 49.5. The van der Waals surface area contributed by atoms with Gasteiger partial charge in [0.25, 0.3) is 5.69 Å². The van der Waals surface area contributed by atoms with Gasteiger partial charge in [-0.15, -0.1) is 0 Å². The van der Waals surface area contributed by atoms with Crippen molar-refractivity contribution in [3.05, 3.63) is 63.7 Å². The molecular weight excluding hydrogens is 404 g/mol. The Labute approximate surface area is 178 Å². The van der Waals surface area contributed by atoms with E-state index in [4.69, 9.17) is 9.47 Å². The van der Waals surface area contributed by atoms with E-state index in [9.17, 15) is 24.5 Å². The molecule has 2 atom stereocenters. The van der Waals surface area contributed by atoms with Crippen molar-refractivity contribution in [3.8, 4) is 5.75 Å². The number of benzene rings is 2. The van der Waals surface area contributed by atoms with Gasteiger partial charge < -0.3 is 14.4 Å². The molecule has 0 radical (unpaired) electrons. The Morgan fingerprint density at radius 2 is 1.87 bits per heavy atom. The zero-order valence-corrected chi connectivity index (χ0v) is 17.4. The molecule has 1 amide bonds. The van der Waals surface area contributed by atoms with Crippen LogP contribution < -0.4 is 9.64 Å². The van der Waals surface area contributed by atoms with Gasteiger partial charge in [0.2, 0.25) is 11.7 Å². The van der Waals surface area contributed by atoms with Crippen LogP contribution in [0.1, 0.15) is 29.3 Å². The Hall–Kier alpha value is -3.75. The van der Waals surface area contributed by atoms with E-state index in [1.54, 1.807) is 43.3 Å². The average Bonchev–Trinajstić information content (AvgIpc) is 3.15. The Morgan fingerprint density at radius 1 is 1.19 bits per heavy atom. The Bertz CT molecular complexity index is 1030. The third kappa shape index (κ3) is 4.71. The van der Waals surface area contributed by atoms with Gasteiger partial charge in [0.1, 0.15) is 5.75 Å². The number of rotatable bonds is 7. The van der Waals surface area contributed by atoms with Crippen LogP contribution in [0.3, 0.4) is 0 Å². The number of esters is 1. The fourth-order valence-corrected chi connectivity index (χ4v) is 3.39. The predicted octanol–water partition coefficient (Wildman–Crippen LogP) is 3.08. The smallest absolute Gasteiger partial charge is 0.312 e. The molecule has 0 aromatic heterocycles. The highest BCUT2D eigenvalue weighted by Crippen LogP contribution is 2.30. The summed E-state index contributed by atoms with van der Waals surface area (Å²) in [5.41, 5.74) is 1.09. The lowest BCUT2D eigenvalue weighted by molar-refractivity contribution is -0.385. The van der Waals surface area contributed by atoms with Crippen molar-refractivity contribution in [1.29, 1.82) is 0 Å². The van der Waals surface area contributed by atoms with Crippen LogP contribution in [-0.2, 0) is 14.3 Å². The van der Waals surface area contributed by atoms with Gasteiger partial charge in [-0.2, -0.15) is 0 Å². The lowest BCUT2D eigenvalue weighted by Gasteiger charge is -2.18. The minimum absolute atomic E-state index is 0.0291. The molecule has 9 heteroatoms. The van der Waals surface area contributed by atoms with E-state index >= 15 is 0 Å². The largest absolute Gasteiger partial charge is 0.497 e. The molecule has 0 bridgehead atoms. The third-order valence-electron chi connectivity index (χ3n) is 5.20. The van der Waals surface area contributed by atoms with Crippen molar-refractivity contribution >= 4 is 29.0 Å². The van der Waals surface area contributed by atoms with Crippen molar-refractivity contribution in [2.24, 2.45) is 5.92 Å². The fraction of sp³-hybridized carbons (Fsp3) is 0.318. The fourth-order valence-electron chi connectivity index (χ4n) is 3.39. The summed E-state index contributed by atoms with van der Waals surface area (Å²) in [5, 5.41) is 11.2. The minimum Gasteiger partial charge on any atom is -0.497 e. The zero-order chi connectivity index (χ0) is 22.7. The summed E-state index contributed by atoms with van der Waals surface area (Å²) in [6.07, 6.45) is -1.12. The van der Waals surface area contributed by atoms with E-state index < -0.39 is 22.9 Å². The summed E-state index contributed by atoms with van der Waals surface area (Å²) in [7, 11) is 1.52. The van der Waals surface area contributed by atoms with Crippen molar-refractivity contribution in [2.45, 2.75) is 26.4 Å². The SMILES string of the molecule is COc1ccc(C(=O)[C@@H](C)OC(=O)[C@H]2CC(=O)N(c3ccc(C)c([N+](=O)[O-])c3)C2)cc1. The first kappa shape index (κ1) is 21.9. The van der Waals surface area contributed by atoms with Crippen molar-refractivity contribution in [1.82, 2.24) is 0 Å². The second-order valence-corrected chi connectivity index (χ2v) is 7.31. The van der Waals surface area contributed by atoms with Crippen molar-refractivity contribution in [3.63, 3.8) is 0 Å². The van der Waals surface area contributed by atoms with Crippen LogP contribution in [0.15, 0.2) is 42.5 Å². The van der Waals surface area contributed by atoms with Gasteiger partial charge in [-0.3, -0.25) is 24.5 Å². The van der Waals surface area contributed by atoms with Gasteiger partial charge in [-0.25, -0.2) is 0 Å². The number of anilines is 1. The summed E-state index contributed by atoms with van der Waals surface area (Å²) in [6, 6.07) is 10.9. The first-order valence-electron chi connectivity index (χ1n) is 9.65. The van der Waals surface area contributed by atoms with Gasteiger partial charge in [0.05, 0.1) is 23.6 Å². The molecule has 1 aliphatic heterocycles. The number of carbonyl (C=O) groups is 3. The van der Waals surface area contributed by atoms with Gasteiger partial charge in [-0.05, 0) is 44.2 Å². The third-order valence-corrected chi connectivity index (χ3v) is 5.20. The van der Waals surface area contributed by atoms with Crippen LogP contribution in [0.5, 0.6) is 5.75 Å². The molecular formula is C22H22N2O7.